The van der Waals surface area contributed by atoms with Crippen molar-refractivity contribution in [2.24, 2.45) is 0 Å². The minimum atomic E-state index is -0.350. The number of nitrogens with one attached hydrogen (secondary N) is 1. The summed E-state index contributed by atoms with van der Waals surface area (Å²) in [5.41, 5.74) is 6.94. The molecule has 0 aliphatic rings. The smallest absolute Gasteiger partial charge is 0.257 e. The Balaban J connectivity index is 2.34. The number of ether oxygens (including phenoxy) is 1. The second kappa shape index (κ2) is 6.68. The van der Waals surface area contributed by atoms with Crippen LogP contribution in [0, 0.1) is 0 Å². The van der Waals surface area contributed by atoms with Gasteiger partial charge in [0.25, 0.3) is 5.91 Å². The number of hydrogen-bond acceptors (Lipinski definition) is 3. The van der Waals surface area contributed by atoms with Crippen molar-refractivity contribution >= 4 is 60.7 Å². The fourth-order valence-electron chi connectivity index (χ4n) is 1.70. The molecule has 0 aliphatic heterocycles. The highest BCUT2D eigenvalue weighted by Gasteiger charge is 2.15. The third kappa shape index (κ3) is 3.51. The van der Waals surface area contributed by atoms with Gasteiger partial charge in [0.1, 0.15) is 5.75 Å². The molecule has 4 nitrogen and oxygen atoms in total. The van der Waals surface area contributed by atoms with Gasteiger partial charge >= 0.3 is 0 Å². The van der Waals surface area contributed by atoms with E-state index in [0.717, 1.165) is 4.47 Å². The van der Waals surface area contributed by atoms with Gasteiger partial charge in [0, 0.05) is 10.5 Å². The zero-order chi connectivity index (χ0) is 15.6. The van der Waals surface area contributed by atoms with Crippen LogP contribution >= 0.6 is 43.5 Å². The lowest BCUT2D eigenvalue weighted by Crippen LogP contribution is -2.13. The molecule has 0 heterocycles. The minimum absolute atomic E-state index is 0.232. The normalized spacial score (nSPS) is 10.3. The molecular formula is C14H11Br2ClN2O2. The van der Waals surface area contributed by atoms with Gasteiger partial charge in [-0.05, 0) is 50.1 Å². The van der Waals surface area contributed by atoms with Gasteiger partial charge in [0.2, 0.25) is 0 Å². The van der Waals surface area contributed by atoms with Gasteiger partial charge in [0.05, 0.1) is 33.5 Å². The van der Waals surface area contributed by atoms with Crippen LogP contribution < -0.4 is 15.8 Å². The number of hydrogen-bond donors (Lipinski definition) is 2. The summed E-state index contributed by atoms with van der Waals surface area (Å²) in [4.78, 5) is 12.3. The number of rotatable bonds is 3. The molecule has 0 atom stereocenters. The highest BCUT2D eigenvalue weighted by Crippen LogP contribution is 2.35. The molecule has 2 rings (SSSR count). The first-order chi connectivity index (χ1) is 9.93. The lowest BCUT2D eigenvalue weighted by atomic mass is 10.2. The highest BCUT2D eigenvalue weighted by molar-refractivity contribution is 9.11. The molecule has 2 aromatic carbocycles. The van der Waals surface area contributed by atoms with E-state index < -0.39 is 0 Å². The number of nitrogen functional groups attached to an aromatic ring is 1. The van der Waals surface area contributed by atoms with Crippen molar-refractivity contribution in [1.82, 2.24) is 0 Å². The van der Waals surface area contributed by atoms with Crippen molar-refractivity contribution in [2.75, 3.05) is 18.2 Å². The zero-order valence-corrected chi connectivity index (χ0v) is 14.8. The molecule has 2 aromatic rings. The molecule has 0 aliphatic carbocycles. The standard InChI is InChI=1S/C14H11Br2ClN2O2/c1-21-12-6-11(8(15)5-9(12)16)19-14(20)7-3-2-4-10(18)13(7)17/h2-6H,18H2,1H3,(H,19,20). The van der Waals surface area contributed by atoms with E-state index in [1.807, 2.05) is 0 Å². The van der Waals surface area contributed by atoms with Crippen LogP contribution in [0.2, 0.25) is 5.02 Å². The molecule has 21 heavy (non-hydrogen) atoms. The van der Waals surface area contributed by atoms with Crippen LogP contribution in [0.4, 0.5) is 11.4 Å². The lowest BCUT2D eigenvalue weighted by Gasteiger charge is -2.12. The molecule has 0 unspecified atom stereocenters. The van der Waals surface area contributed by atoms with Crippen LogP contribution in [0.25, 0.3) is 0 Å². The molecule has 0 radical (unpaired) electrons. The summed E-state index contributed by atoms with van der Waals surface area (Å²) in [5, 5.41) is 3.00. The van der Waals surface area contributed by atoms with E-state index in [-0.39, 0.29) is 10.9 Å². The fraction of sp³-hybridized carbons (Fsp3) is 0.0714. The number of halogens is 3. The Labute approximate surface area is 143 Å². The minimum Gasteiger partial charge on any atom is -0.495 e. The molecule has 0 fully saturated rings. The van der Waals surface area contributed by atoms with Crippen LogP contribution in [0.5, 0.6) is 5.75 Å². The van der Waals surface area contributed by atoms with Gasteiger partial charge in [-0.1, -0.05) is 17.7 Å². The van der Waals surface area contributed by atoms with Crippen LogP contribution in [0.15, 0.2) is 39.3 Å². The van der Waals surface area contributed by atoms with Crippen molar-refractivity contribution in [2.45, 2.75) is 0 Å². The molecule has 0 spiro atoms. The Kier molecular flexibility index (Phi) is 5.13. The van der Waals surface area contributed by atoms with Gasteiger partial charge in [-0.3, -0.25) is 4.79 Å². The van der Waals surface area contributed by atoms with Gasteiger partial charge in [-0.2, -0.15) is 0 Å². The largest absolute Gasteiger partial charge is 0.495 e. The molecule has 0 saturated heterocycles. The molecule has 1 amide bonds. The second-order valence-electron chi connectivity index (χ2n) is 4.13. The van der Waals surface area contributed by atoms with Gasteiger partial charge in [0.15, 0.2) is 0 Å². The SMILES string of the molecule is COc1cc(NC(=O)c2cccc(N)c2Cl)c(Br)cc1Br. The molecular weight excluding hydrogens is 423 g/mol. The van der Waals surface area contributed by atoms with E-state index in [0.29, 0.717) is 27.2 Å². The van der Waals surface area contributed by atoms with Crippen LogP contribution in [-0.4, -0.2) is 13.0 Å². The first kappa shape index (κ1) is 16.1. The number of anilines is 2. The Morgan fingerprint density at radius 2 is 2.00 bits per heavy atom. The monoisotopic (exact) mass is 432 g/mol. The molecule has 0 bridgehead atoms. The zero-order valence-electron chi connectivity index (χ0n) is 10.9. The summed E-state index contributed by atoms with van der Waals surface area (Å²) in [7, 11) is 1.55. The predicted molar refractivity (Wildman–Crippen MR) is 92.2 cm³/mol. The van der Waals surface area contributed by atoms with Crippen LogP contribution in [-0.2, 0) is 0 Å². The van der Waals surface area contributed by atoms with Gasteiger partial charge < -0.3 is 15.8 Å². The maximum absolute atomic E-state index is 12.3. The molecule has 3 N–H and O–H groups in total. The van der Waals surface area contributed by atoms with E-state index in [9.17, 15) is 4.79 Å². The highest BCUT2D eigenvalue weighted by atomic mass is 79.9. The number of carbonyl (C=O) groups excluding carboxylic acids is 1. The van der Waals surface area contributed by atoms with Crippen molar-refractivity contribution in [1.29, 1.82) is 0 Å². The number of carbonyl (C=O) groups is 1. The van der Waals surface area contributed by atoms with Crippen molar-refractivity contribution in [3.63, 3.8) is 0 Å². The fourth-order valence-corrected chi connectivity index (χ4v) is 3.16. The predicted octanol–water partition coefficient (Wildman–Crippen LogP) is 4.71. The number of nitrogens with two attached hydrogens (primary N) is 1. The Bertz CT molecular complexity index is 708. The summed E-state index contributed by atoms with van der Waals surface area (Å²) in [5.74, 6) is 0.254. The van der Waals surface area contributed by atoms with Crippen LogP contribution in [0.3, 0.4) is 0 Å². The number of benzene rings is 2. The van der Waals surface area contributed by atoms with Crippen molar-refractivity contribution in [3.05, 3.63) is 49.9 Å². The Morgan fingerprint density at radius 3 is 2.67 bits per heavy atom. The van der Waals surface area contributed by atoms with Gasteiger partial charge in [-0.25, -0.2) is 0 Å². The topological polar surface area (TPSA) is 64.3 Å². The summed E-state index contributed by atoms with van der Waals surface area (Å²) in [6.45, 7) is 0. The Hall–Kier alpha value is -1.24. The Morgan fingerprint density at radius 1 is 1.29 bits per heavy atom. The van der Waals surface area contributed by atoms with Crippen molar-refractivity contribution in [3.8, 4) is 5.75 Å². The molecule has 110 valence electrons. The first-order valence-electron chi connectivity index (χ1n) is 5.82. The number of amides is 1. The third-order valence-corrected chi connectivity index (χ3v) is 4.46. The quantitative estimate of drug-likeness (QED) is 0.688. The van der Waals surface area contributed by atoms with E-state index in [2.05, 4.69) is 37.2 Å². The van der Waals surface area contributed by atoms with E-state index >= 15 is 0 Å². The maximum Gasteiger partial charge on any atom is 0.257 e. The molecule has 0 saturated carbocycles. The number of methoxy groups -OCH3 is 1. The lowest BCUT2D eigenvalue weighted by molar-refractivity contribution is 0.102. The summed E-state index contributed by atoms with van der Waals surface area (Å²) in [6, 6.07) is 8.41. The molecule has 7 heteroatoms. The first-order valence-corrected chi connectivity index (χ1v) is 7.78. The summed E-state index contributed by atoms with van der Waals surface area (Å²) >= 11 is 12.8. The second-order valence-corrected chi connectivity index (χ2v) is 6.22. The molecule has 0 aromatic heterocycles. The van der Waals surface area contributed by atoms with E-state index in [4.69, 9.17) is 22.1 Å². The van der Waals surface area contributed by atoms with E-state index in [1.165, 1.54) is 0 Å². The third-order valence-electron chi connectivity index (χ3n) is 2.76. The average Bonchev–Trinajstić information content (AvgIpc) is 2.44. The maximum atomic E-state index is 12.3. The van der Waals surface area contributed by atoms with Crippen molar-refractivity contribution < 1.29 is 9.53 Å². The summed E-state index contributed by atoms with van der Waals surface area (Å²) in [6.07, 6.45) is 0. The average molecular weight is 435 g/mol. The van der Waals surface area contributed by atoms with Gasteiger partial charge in [-0.15, -0.1) is 0 Å². The van der Waals surface area contributed by atoms with Crippen LogP contribution in [0.1, 0.15) is 10.4 Å². The van der Waals surface area contributed by atoms with E-state index in [1.54, 1.807) is 37.4 Å². The summed E-state index contributed by atoms with van der Waals surface area (Å²) < 4.78 is 6.69.